The number of tetrazole rings is 1. The second kappa shape index (κ2) is 6.00. The summed E-state index contributed by atoms with van der Waals surface area (Å²) in [5.74, 6) is 1.19. The standard InChI is InChI=1S/C10H12N4.C2H6/c1-7(2)8-3-5-9(6-4-8)10-11-13-14-12-10;1-2/h3-7H,1-2H3,(H,11,12,13,14);1-2H3. The number of nitrogens with one attached hydrogen (secondary N) is 1. The van der Waals surface area contributed by atoms with Crippen LogP contribution in [0.2, 0.25) is 0 Å². The van der Waals surface area contributed by atoms with Crippen LogP contribution < -0.4 is 0 Å². The molecule has 0 bridgehead atoms. The fourth-order valence-corrected chi connectivity index (χ4v) is 1.30. The molecule has 0 aliphatic rings. The summed E-state index contributed by atoms with van der Waals surface area (Å²) >= 11 is 0. The molecule has 1 N–H and O–H groups in total. The third-order valence-electron chi connectivity index (χ3n) is 2.18. The first-order chi connectivity index (χ1) is 7.77. The van der Waals surface area contributed by atoms with Crippen LogP contribution >= 0.6 is 0 Å². The molecular formula is C12H18N4. The smallest absolute Gasteiger partial charge is 0.177 e. The van der Waals surface area contributed by atoms with Crippen molar-refractivity contribution in [2.75, 3.05) is 0 Å². The van der Waals surface area contributed by atoms with E-state index < -0.39 is 0 Å². The van der Waals surface area contributed by atoms with Gasteiger partial charge in [-0.3, -0.25) is 0 Å². The lowest BCUT2D eigenvalue weighted by atomic mass is 10.0. The molecule has 0 saturated carbocycles. The number of benzene rings is 1. The normalized spacial score (nSPS) is 9.81. The van der Waals surface area contributed by atoms with Gasteiger partial charge in [-0.15, -0.1) is 10.2 Å². The summed E-state index contributed by atoms with van der Waals surface area (Å²) in [5.41, 5.74) is 2.31. The van der Waals surface area contributed by atoms with E-state index in [1.54, 1.807) is 0 Å². The van der Waals surface area contributed by atoms with E-state index >= 15 is 0 Å². The van der Waals surface area contributed by atoms with Crippen LogP contribution in [0, 0.1) is 0 Å². The van der Waals surface area contributed by atoms with E-state index in [1.165, 1.54) is 5.56 Å². The van der Waals surface area contributed by atoms with Crippen molar-refractivity contribution in [2.24, 2.45) is 0 Å². The van der Waals surface area contributed by atoms with Crippen LogP contribution in [0.25, 0.3) is 11.4 Å². The summed E-state index contributed by atoms with van der Waals surface area (Å²) < 4.78 is 0. The second-order valence-electron chi connectivity index (χ2n) is 3.51. The number of hydrogen-bond acceptors (Lipinski definition) is 3. The molecule has 0 aliphatic heterocycles. The number of nitrogens with zero attached hydrogens (tertiary/aromatic N) is 3. The molecule has 1 heterocycles. The van der Waals surface area contributed by atoms with Gasteiger partial charge in [0, 0.05) is 5.56 Å². The molecule has 4 heteroatoms. The minimum atomic E-state index is 0.550. The van der Waals surface area contributed by atoms with E-state index in [0.29, 0.717) is 11.7 Å². The Labute approximate surface area is 96.1 Å². The Morgan fingerprint density at radius 3 is 2.12 bits per heavy atom. The van der Waals surface area contributed by atoms with Crippen molar-refractivity contribution in [1.29, 1.82) is 0 Å². The molecule has 0 saturated heterocycles. The largest absolute Gasteiger partial charge is 0.204 e. The lowest BCUT2D eigenvalue weighted by molar-refractivity contribution is 0.867. The van der Waals surface area contributed by atoms with E-state index in [9.17, 15) is 0 Å². The van der Waals surface area contributed by atoms with Gasteiger partial charge in [0.15, 0.2) is 0 Å². The van der Waals surface area contributed by atoms with Gasteiger partial charge in [-0.1, -0.05) is 52.0 Å². The van der Waals surface area contributed by atoms with Crippen LogP contribution in [0.3, 0.4) is 0 Å². The van der Waals surface area contributed by atoms with Crippen molar-refractivity contribution in [1.82, 2.24) is 20.6 Å². The molecule has 2 aromatic rings. The maximum absolute atomic E-state index is 3.91. The molecule has 1 aromatic carbocycles. The highest BCUT2D eigenvalue weighted by molar-refractivity contribution is 5.54. The molecule has 16 heavy (non-hydrogen) atoms. The minimum Gasteiger partial charge on any atom is -0.177 e. The highest BCUT2D eigenvalue weighted by Crippen LogP contribution is 2.18. The number of hydrogen-bond donors (Lipinski definition) is 1. The molecule has 4 nitrogen and oxygen atoms in total. The van der Waals surface area contributed by atoms with E-state index in [2.05, 4.69) is 46.6 Å². The lowest BCUT2D eigenvalue weighted by Gasteiger charge is -2.04. The van der Waals surface area contributed by atoms with Gasteiger partial charge in [0.1, 0.15) is 0 Å². The summed E-state index contributed by atoms with van der Waals surface area (Å²) in [5, 5.41) is 13.8. The molecule has 0 aliphatic carbocycles. The molecular weight excluding hydrogens is 200 g/mol. The fraction of sp³-hybridized carbons (Fsp3) is 0.417. The van der Waals surface area contributed by atoms with Gasteiger partial charge in [0.25, 0.3) is 0 Å². The molecule has 0 unspecified atom stereocenters. The maximum Gasteiger partial charge on any atom is 0.204 e. The predicted molar refractivity (Wildman–Crippen MR) is 65.1 cm³/mol. The maximum atomic E-state index is 3.91. The van der Waals surface area contributed by atoms with Crippen molar-refractivity contribution in [3.63, 3.8) is 0 Å². The van der Waals surface area contributed by atoms with Crippen molar-refractivity contribution in [3.05, 3.63) is 29.8 Å². The third kappa shape index (κ3) is 2.89. The van der Waals surface area contributed by atoms with Gasteiger partial charge in [-0.2, -0.15) is 5.21 Å². The molecule has 0 fully saturated rings. The topological polar surface area (TPSA) is 54.5 Å². The molecule has 0 spiro atoms. The van der Waals surface area contributed by atoms with Crippen LogP contribution in [0.1, 0.15) is 39.2 Å². The Bertz CT molecular complexity index is 389. The van der Waals surface area contributed by atoms with Crippen LogP contribution in [0.5, 0.6) is 0 Å². The quantitative estimate of drug-likeness (QED) is 0.843. The highest BCUT2D eigenvalue weighted by atomic mass is 15.5. The first-order valence-corrected chi connectivity index (χ1v) is 5.61. The van der Waals surface area contributed by atoms with Crippen LogP contribution in [0.15, 0.2) is 24.3 Å². The number of aromatic amines is 1. The lowest BCUT2D eigenvalue weighted by Crippen LogP contribution is -1.87. The monoisotopic (exact) mass is 218 g/mol. The molecule has 1 aromatic heterocycles. The molecule has 0 radical (unpaired) electrons. The second-order valence-corrected chi connectivity index (χ2v) is 3.51. The Morgan fingerprint density at radius 2 is 1.69 bits per heavy atom. The minimum absolute atomic E-state index is 0.550. The van der Waals surface area contributed by atoms with Gasteiger partial charge < -0.3 is 0 Å². The predicted octanol–water partition coefficient (Wildman–Crippen LogP) is 3.02. The summed E-state index contributed by atoms with van der Waals surface area (Å²) in [6.45, 7) is 8.34. The van der Waals surface area contributed by atoms with Gasteiger partial charge in [0.05, 0.1) is 0 Å². The number of H-pyrrole nitrogens is 1. The zero-order valence-electron chi connectivity index (χ0n) is 10.2. The first kappa shape index (κ1) is 12.4. The van der Waals surface area contributed by atoms with E-state index in [1.807, 2.05) is 26.0 Å². The summed E-state index contributed by atoms with van der Waals surface area (Å²) in [4.78, 5) is 0. The molecule has 86 valence electrons. The zero-order valence-corrected chi connectivity index (χ0v) is 10.2. The Kier molecular flexibility index (Phi) is 4.64. The van der Waals surface area contributed by atoms with Crippen molar-refractivity contribution < 1.29 is 0 Å². The molecule has 2 rings (SSSR count). The van der Waals surface area contributed by atoms with Gasteiger partial charge in [-0.25, -0.2) is 0 Å². The highest BCUT2D eigenvalue weighted by Gasteiger charge is 2.03. The summed E-state index contributed by atoms with van der Waals surface area (Å²) in [7, 11) is 0. The fourth-order valence-electron chi connectivity index (χ4n) is 1.30. The Balaban J connectivity index is 0.000000606. The summed E-state index contributed by atoms with van der Waals surface area (Å²) in [6, 6.07) is 8.22. The van der Waals surface area contributed by atoms with Gasteiger partial charge >= 0.3 is 0 Å². The average Bonchev–Trinajstić information content (AvgIpc) is 2.85. The Morgan fingerprint density at radius 1 is 1.06 bits per heavy atom. The van der Waals surface area contributed by atoms with E-state index in [4.69, 9.17) is 0 Å². The van der Waals surface area contributed by atoms with Crippen molar-refractivity contribution >= 4 is 0 Å². The SMILES string of the molecule is CC.CC(C)c1ccc(-c2nn[nH]n2)cc1. The Hall–Kier alpha value is -1.71. The van der Waals surface area contributed by atoms with E-state index in [-0.39, 0.29) is 0 Å². The molecule has 0 atom stereocenters. The average molecular weight is 218 g/mol. The van der Waals surface area contributed by atoms with Gasteiger partial charge in [-0.05, 0) is 16.7 Å². The van der Waals surface area contributed by atoms with Crippen LogP contribution in [-0.2, 0) is 0 Å². The van der Waals surface area contributed by atoms with Crippen LogP contribution in [0.4, 0.5) is 0 Å². The molecule has 0 amide bonds. The van der Waals surface area contributed by atoms with E-state index in [0.717, 1.165) is 5.56 Å². The number of rotatable bonds is 2. The zero-order chi connectivity index (χ0) is 12.0. The first-order valence-electron chi connectivity index (χ1n) is 5.61. The van der Waals surface area contributed by atoms with Gasteiger partial charge in [0.2, 0.25) is 5.82 Å². The van der Waals surface area contributed by atoms with Crippen LogP contribution in [-0.4, -0.2) is 20.6 Å². The summed E-state index contributed by atoms with van der Waals surface area (Å²) in [6.07, 6.45) is 0. The third-order valence-corrected chi connectivity index (χ3v) is 2.18. The number of aromatic nitrogens is 4. The van der Waals surface area contributed by atoms with Crippen molar-refractivity contribution in [2.45, 2.75) is 33.6 Å². The van der Waals surface area contributed by atoms with Crippen molar-refractivity contribution in [3.8, 4) is 11.4 Å².